The van der Waals surface area contributed by atoms with E-state index in [9.17, 15) is 0 Å². The Bertz CT molecular complexity index is 282. The number of nitrogens with two attached hydrogens (primary N) is 1. The molecule has 0 fully saturated rings. The van der Waals surface area contributed by atoms with E-state index in [1.54, 1.807) is 11.3 Å². The number of thiophene rings is 1. The predicted octanol–water partition coefficient (Wildman–Crippen LogP) is 5.13. The number of rotatable bonds is 4. The van der Waals surface area contributed by atoms with E-state index >= 15 is 0 Å². The largest absolute Gasteiger partial charge is 0.323 e. The molecule has 0 aliphatic heterocycles. The minimum absolute atomic E-state index is 0. The number of hydrogen-bond acceptors (Lipinski definition) is 2. The van der Waals surface area contributed by atoms with Crippen molar-refractivity contribution < 1.29 is 0 Å². The van der Waals surface area contributed by atoms with Crippen LogP contribution >= 0.6 is 55.6 Å². The van der Waals surface area contributed by atoms with Crippen LogP contribution in [0.1, 0.15) is 37.6 Å². The normalized spacial score (nSPS) is 12.7. The van der Waals surface area contributed by atoms with Gasteiger partial charge in [0, 0.05) is 15.4 Å². The van der Waals surface area contributed by atoms with Crippen LogP contribution in [-0.4, -0.2) is 0 Å². The van der Waals surface area contributed by atoms with Gasteiger partial charge in [-0.3, -0.25) is 0 Å². The fourth-order valence-electron chi connectivity index (χ4n) is 1.20. The van der Waals surface area contributed by atoms with Gasteiger partial charge < -0.3 is 5.73 Å². The van der Waals surface area contributed by atoms with Crippen molar-refractivity contribution >= 4 is 55.6 Å². The summed E-state index contributed by atoms with van der Waals surface area (Å²) in [6.45, 7) is 4.46. The van der Waals surface area contributed by atoms with Crippen molar-refractivity contribution in [2.24, 2.45) is 11.7 Å². The molecule has 2 N–H and O–H groups in total. The molecule has 1 heterocycles. The van der Waals surface area contributed by atoms with E-state index in [-0.39, 0.29) is 18.4 Å². The van der Waals surface area contributed by atoms with Crippen molar-refractivity contribution in [2.45, 2.75) is 32.7 Å². The van der Waals surface area contributed by atoms with E-state index in [1.165, 1.54) is 11.3 Å². The van der Waals surface area contributed by atoms with Crippen molar-refractivity contribution in [1.29, 1.82) is 0 Å². The molecule has 0 aliphatic rings. The van der Waals surface area contributed by atoms with Crippen LogP contribution in [-0.2, 0) is 0 Å². The molecule has 1 nitrogen and oxygen atoms in total. The van der Waals surface area contributed by atoms with Crippen LogP contribution in [0.5, 0.6) is 0 Å². The highest BCUT2D eigenvalue weighted by Gasteiger charge is 2.11. The molecule has 15 heavy (non-hydrogen) atoms. The summed E-state index contributed by atoms with van der Waals surface area (Å²) < 4.78 is 2.24. The second kappa shape index (κ2) is 7.28. The molecular weight excluding hydrogens is 361 g/mol. The van der Waals surface area contributed by atoms with Crippen LogP contribution in [0.3, 0.4) is 0 Å². The third kappa shape index (κ3) is 5.18. The van der Waals surface area contributed by atoms with Crippen LogP contribution in [0, 0.1) is 5.92 Å². The zero-order valence-corrected chi connectivity index (χ0v) is 13.6. The van der Waals surface area contributed by atoms with Crippen LogP contribution in [0.2, 0.25) is 0 Å². The summed E-state index contributed by atoms with van der Waals surface area (Å²) in [5.74, 6) is 0.730. The molecule has 0 radical (unpaired) electrons. The predicted molar refractivity (Wildman–Crippen MR) is 78.0 cm³/mol. The summed E-state index contributed by atoms with van der Waals surface area (Å²) in [6.07, 6.45) is 2.26. The molecule has 0 saturated carbocycles. The Kier molecular flexibility index (Phi) is 7.72. The van der Waals surface area contributed by atoms with Crippen molar-refractivity contribution in [3.8, 4) is 0 Å². The minimum atomic E-state index is 0. The van der Waals surface area contributed by atoms with Gasteiger partial charge >= 0.3 is 0 Å². The van der Waals surface area contributed by atoms with E-state index in [0.717, 1.165) is 20.6 Å². The Hall–Kier alpha value is 0.910. The van der Waals surface area contributed by atoms with E-state index in [0.29, 0.717) is 0 Å². The first-order valence-corrected chi connectivity index (χ1v) is 7.11. The molecule has 0 saturated heterocycles. The van der Waals surface area contributed by atoms with Gasteiger partial charge in [-0.05, 0) is 56.7 Å². The summed E-state index contributed by atoms with van der Waals surface area (Å²) in [4.78, 5) is 1.25. The lowest BCUT2D eigenvalue weighted by Crippen LogP contribution is -2.09. The molecule has 1 atom stereocenters. The monoisotopic (exact) mass is 375 g/mol. The third-order valence-corrected chi connectivity index (χ3v) is 5.47. The quantitative estimate of drug-likeness (QED) is 0.773. The maximum Gasteiger partial charge on any atom is 0.0843 e. The molecule has 5 heteroatoms. The fraction of sp³-hybridized carbons (Fsp3) is 0.600. The van der Waals surface area contributed by atoms with Gasteiger partial charge in [-0.1, -0.05) is 13.8 Å². The Morgan fingerprint density at radius 3 is 2.33 bits per heavy atom. The van der Waals surface area contributed by atoms with Gasteiger partial charge in [0.15, 0.2) is 0 Å². The molecule has 0 unspecified atom stereocenters. The van der Waals surface area contributed by atoms with Gasteiger partial charge in [0.25, 0.3) is 0 Å². The summed E-state index contributed by atoms with van der Waals surface area (Å²) in [7, 11) is 0. The highest BCUT2D eigenvalue weighted by atomic mass is 79.9. The Morgan fingerprint density at radius 2 is 1.93 bits per heavy atom. The smallest absolute Gasteiger partial charge is 0.0843 e. The van der Waals surface area contributed by atoms with Crippen molar-refractivity contribution in [2.75, 3.05) is 0 Å². The van der Waals surface area contributed by atoms with Gasteiger partial charge in [-0.25, -0.2) is 0 Å². The molecular formula is C10H16Br2ClNS. The molecule has 88 valence electrons. The van der Waals surface area contributed by atoms with E-state index < -0.39 is 0 Å². The molecule has 0 amide bonds. The van der Waals surface area contributed by atoms with Crippen molar-refractivity contribution in [1.82, 2.24) is 0 Å². The Labute approximate surface area is 118 Å². The second-order valence-corrected chi connectivity index (χ2v) is 7.10. The molecule has 1 rings (SSSR count). The first-order valence-electron chi connectivity index (χ1n) is 4.71. The lowest BCUT2D eigenvalue weighted by atomic mass is 10.0. The molecule has 0 aliphatic carbocycles. The van der Waals surface area contributed by atoms with Gasteiger partial charge in [-0.15, -0.1) is 23.7 Å². The minimum Gasteiger partial charge on any atom is -0.323 e. The van der Waals surface area contributed by atoms with Gasteiger partial charge in [0.05, 0.1) is 3.79 Å². The van der Waals surface area contributed by atoms with E-state index in [2.05, 4.69) is 51.8 Å². The van der Waals surface area contributed by atoms with Crippen LogP contribution in [0.4, 0.5) is 0 Å². The highest BCUT2D eigenvalue weighted by molar-refractivity contribution is 9.13. The van der Waals surface area contributed by atoms with Gasteiger partial charge in [-0.2, -0.15) is 0 Å². The number of halogens is 3. The van der Waals surface area contributed by atoms with Crippen LogP contribution in [0.25, 0.3) is 0 Å². The lowest BCUT2D eigenvalue weighted by Gasteiger charge is -2.10. The lowest BCUT2D eigenvalue weighted by molar-refractivity contribution is 0.510. The maximum absolute atomic E-state index is 6.09. The van der Waals surface area contributed by atoms with Gasteiger partial charge in [0.1, 0.15) is 0 Å². The first-order chi connectivity index (χ1) is 6.50. The molecule has 0 aromatic carbocycles. The Morgan fingerprint density at radius 1 is 1.33 bits per heavy atom. The molecule has 0 spiro atoms. The fourth-order valence-corrected chi connectivity index (χ4v) is 3.33. The summed E-state index contributed by atoms with van der Waals surface area (Å²) in [5, 5.41) is 0. The van der Waals surface area contributed by atoms with Crippen molar-refractivity contribution in [3.05, 3.63) is 19.2 Å². The summed E-state index contributed by atoms with van der Waals surface area (Å²) >= 11 is 8.67. The Balaban J connectivity index is 0.00000196. The number of hydrogen-bond donors (Lipinski definition) is 1. The van der Waals surface area contributed by atoms with E-state index in [4.69, 9.17) is 5.73 Å². The summed E-state index contributed by atoms with van der Waals surface area (Å²) in [5.41, 5.74) is 6.09. The van der Waals surface area contributed by atoms with Crippen LogP contribution < -0.4 is 5.73 Å². The highest BCUT2D eigenvalue weighted by Crippen LogP contribution is 2.36. The van der Waals surface area contributed by atoms with Gasteiger partial charge in [0.2, 0.25) is 0 Å². The first kappa shape index (κ1) is 15.9. The van der Waals surface area contributed by atoms with E-state index in [1.807, 2.05) is 0 Å². The molecule has 1 aromatic heterocycles. The zero-order valence-electron chi connectivity index (χ0n) is 8.80. The zero-order chi connectivity index (χ0) is 10.7. The average Bonchev–Trinajstić information content (AvgIpc) is 2.43. The van der Waals surface area contributed by atoms with Crippen molar-refractivity contribution in [3.63, 3.8) is 0 Å². The SMILES string of the molecule is CC(C)CC[C@@H](N)c1cc(Br)c(Br)s1.Cl. The van der Waals surface area contributed by atoms with Crippen LogP contribution in [0.15, 0.2) is 14.3 Å². The standard InChI is InChI=1S/C10H15Br2NS.ClH/c1-6(2)3-4-8(13)9-5-7(11)10(12)14-9;/h5-6,8H,3-4,13H2,1-2H3;1H/t8-;/m1./s1. The second-order valence-electron chi connectivity index (χ2n) is 3.85. The maximum atomic E-state index is 6.09. The topological polar surface area (TPSA) is 26.0 Å². The molecule has 0 bridgehead atoms. The average molecular weight is 378 g/mol. The molecule has 1 aromatic rings. The third-order valence-electron chi connectivity index (χ3n) is 2.08. The summed E-state index contributed by atoms with van der Waals surface area (Å²) in [6, 6.07) is 2.30.